The van der Waals surface area contributed by atoms with E-state index in [0.29, 0.717) is 26.2 Å². The van der Waals surface area contributed by atoms with E-state index in [1.54, 1.807) is 0 Å². The first-order valence-electron chi connectivity index (χ1n) is 13.4. The molecule has 3 fully saturated rings. The number of nitrogens with one attached hydrogen (secondary N) is 1. The van der Waals surface area contributed by atoms with Gasteiger partial charge in [-0.2, -0.15) is 0 Å². The van der Waals surface area contributed by atoms with Crippen molar-refractivity contribution >= 4 is 5.91 Å². The lowest BCUT2D eigenvalue weighted by Crippen LogP contribution is -2.55. The van der Waals surface area contributed by atoms with Crippen molar-refractivity contribution in [1.82, 2.24) is 15.1 Å². The van der Waals surface area contributed by atoms with Gasteiger partial charge in [-0.1, -0.05) is 60.7 Å². The average Bonchev–Trinajstić information content (AvgIpc) is 3.30. The standard InChI is InChI=1S/C29H39N3O4/c33-25-19-32(17-23-9-5-2-6-10-23)27-12-11-26(36-28(27)21-35-20-25)15-29(34)30-24-13-14-31(18-24)16-22-7-3-1-4-8-22/h1-10,24-28,33H,11-21H2,(H,30,34)/t24-,25+,26+,27-,28+/m1/s1. The molecule has 2 N–H and O–H groups in total. The molecule has 2 aromatic rings. The van der Waals surface area contributed by atoms with E-state index in [0.717, 1.165) is 45.4 Å². The predicted octanol–water partition coefficient (Wildman–Crippen LogP) is 2.58. The Labute approximate surface area is 214 Å². The van der Waals surface area contributed by atoms with Gasteiger partial charge in [-0.3, -0.25) is 14.6 Å². The van der Waals surface area contributed by atoms with Crippen molar-refractivity contribution in [3.63, 3.8) is 0 Å². The van der Waals surface area contributed by atoms with Gasteiger partial charge in [0.15, 0.2) is 0 Å². The van der Waals surface area contributed by atoms with Gasteiger partial charge < -0.3 is 19.9 Å². The number of likely N-dealkylation sites (tertiary alicyclic amines) is 1. The zero-order chi connectivity index (χ0) is 24.7. The Balaban J connectivity index is 1.11. The number of aliphatic hydroxyl groups excluding tert-OH is 1. The Morgan fingerprint density at radius 2 is 1.64 bits per heavy atom. The molecule has 0 bridgehead atoms. The third-order valence-electron chi connectivity index (χ3n) is 7.62. The van der Waals surface area contributed by atoms with Crippen molar-refractivity contribution in [2.24, 2.45) is 0 Å². The number of β-amino-alcohol motifs (C(OH)–C–C–N with tert-alkyl or cyclic N) is 1. The maximum Gasteiger partial charge on any atom is 0.222 e. The number of rotatable bonds is 7. The molecule has 7 heteroatoms. The third-order valence-corrected chi connectivity index (χ3v) is 7.62. The van der Waals surface area contributed by atoms with Crippen LogP contribution >= 0.6 is 0 Å². The van der Waals surface area contributed by atoms with Gasteiger partial charge in [0.05, 0.1) is 37.9 Å². The van der Waals surface area contributed by atoms with Crippen LogP contribution in [0.4, 0.5) is 0 Å². The highest BCUT2D eigenvalue weighted by molar-refractivity contribution is 5.76. The van der Waals surface area contributed by atoms with Crippen LogP contribution in [-0.2, 0) is 27.4 Å². The van der Waals surface area contributed by atoms with Crippen LogP contribution in [0.1, 0.15) is 36.8 Å². The number of benzene rings is 2. The lowest BCUT2D eigenvalue weighted by molar-refractivity contribution is -0.158. The monoisotopic (exact) mass is 493 g/mol. The number of fused-ring (bicyclic) bond motifs is 1. The Bertz CT molecular complexity index is 960. The molecule has 5 rings (SSSR count). The molecular formula is C29H39N3O4. The zero-order valence-corrected chi connectivity index (χ0v) is 21.0. The summed E-state index contributed by atoms with van der Waals surface area (Å²) in [6, 6.07) is 21.2. The van der Waals surface area contributed by atoms with Crippen LogP contribution in [-0.4, -0.2) is 84.1 Å². The van der Waals surface area contributed by atoms with Crippen LogP contribution in [0.3, 0.4) is 0 Å². The fourth-order valence-electron chi connectivity index (χ4n) is 5.87. The molecule has 0 aromatic heterocycles. The highest BCUT2D eigenvalue weighted by atomic mass is 16.5. The molecule has 0 spiro atoms. The summed E-state index contributed by atoms with van der Waals surface area (Å²) >= 11 is 0. The zero-order valence-electron chi connectivity index (χ0n) is 21.0. The average molecular weight is 494 g/mol. The van der Waals surface area contributed by atoms with Crippen LogP contribution in [0.15, 0.2) is 60.7 Å². The number of aliphatic hydroxyl groups is 1. The second kappa shape index (κ2) is 12.3. The molecule has 5 atom stereocenters. The fourth-order valence-corrected chi connectivity index (χ4v) is 5.87. The van der Waals surface area contributed by atoms with Crippen molar-refractivity contribution in [1.29, 1.82) is 0 Å². The van der Waals surface area contributed by atoms with Crippen LogP contribution in [0.2, 0.25) is 0 Å². The third kappa shape index (κ3) is 6.93. The van der Waals surface area contributed by atoms with Crippen molar-refractivity contribution in [3.05, 3.63) is 71.8 Å². The maximum absolute atomic E-state index is 12.9. The molecule has 0 unspecified atom stereocenters. The quantitative estimate of drug-likeness (QED) is 0.618. The minimum absolute atomic E-state index is 0.0772. The minimum Gasteiger partial charge on any atom is -0.389 e. The second-order valence-electron chi connectivity index (χ2n) is 10.5. The normalized spacial score (nSPS) is 29.8. The fraction of sp³-hybridized carbons (Fsp3) is 0.552. The van der Waals surface area contributed by atoms with Crippen molar-refractivity contribution < 1.29 is 19.4 Å². The summed E-state index contributed by atoms with van der Waals surface area (Å²) in [6.07, 6.45) is 2.44. The van der Waals surface area contributed by atoms with E-state index in [-0.39, 0.29) is 30.2 Å². The second-order valence-corrected chi connectivity index (χ2v) is 10.5. The molecule has 3 aliphatic heterocycles. The molecule has 0 aliphatic carbocycles. The van der Waals surface area contributed by atoms with Crippen molar-refractivity contribution in [2.75, 3.05) is 32.8 Å². The van der Waals surface area contributed by atoms with E-state index in [1.165, 1.54) is 11.1 Å². The number of carbonyl (C=O) groups excluding carboxylic acids is 1. The molecule has 7 nitrogen and oxygen atoms in total. The van der Waals surface area contributed by atoms with Crippen molar-refractivity contribution in [3.8, 4) is 0 Å². The van der Waals surface area contributed by atoms with Gasteiger partial charge in [-0.25, -0.2) is 0 Å². The predicted molar refractivity (Wildman–Crippen MR) is 138 cm³/mol. The number of amides is 1. The lowest BCUT2D eigenvalue weighted by atomic mass is 9.94. The lowest BCUT2D eigenvalue weighted by Gasteiger charge is -2.44. The summed E-state index contributed by atoms with van der Waals surface area (Å²) in [5.41, 5.74) is 2.54. The van der Waals surface area contributed by atoms with E-state index < -0.39 is 6.10 Å². The first kappa shape index (κ1) is 25.4. The van der Waals surface area contributed by atoms with Gasteiger partial charge in [0, 0.05) is 44.8 Å². The van der Waals surface area contributed by atoms with Gasteiger partial charge in [0.2, 0.25) is 5.91 Å². The number of hydrogen-bond acceptors (Lipinski definition) is 6. The number of carbonyl (C=O) groups is 1. The Hall–Kier alpha value is -2.29. The van der Waals surface area contributed by atoms with E-state index >= 15 is 0 Å². The molecule has 1 amide bonds. The summed E-state index contributed by atoms with van der Waals surface area (Å²) in [4.78, 5) is 17.6. The summed E-state index contributed by atoms with van der Waals surface area (Å²) in [6.45, 7) is 4.91. The first-order valence-corrected chi connectivity index (χ1v) is 13.4. The minimum atomic E-state index is -0.508. The Morgan fingerprint density at radius 3 is 2.39 bits per heavy atom. The van der Waals surface area contributed by atoms with Gasteiger partial charge in [0.1, 0.15) is 0 Å². The topological polar surface area (TPSA) is 74.3 Å². The van der Waals surface area contributed by atoms with Gasteiger partial charge in [-0.15, -0.1) is 0 Å². The molecule has 36 heavy (non-hydrogen) atoms. The summed E-state index contributed by atoms with van der Waals surface area (Å²) in [5, 5.41) is 13.6. The van der Waals surface area contributed by atoms with E-state index in [2.05, 4.69) is 51.5 Å². The van der Waals surface area contributed by atoms with Crippen LogP contribution in [0, 0.1) is 0 Å². The van der Waals surface area contributed by atoms with Gasteiger partial charge in [-0.05, 0) is 30.4 Å². The molecule has 0 radical (unpaired) electrons. The molecule has 2 aromatic carbocycles. The maximum atomic E-state index is 12.9. The van der Waals surface area contributed by atoms with E-state index in [9.17, 15) is 9.90 Å². The first-order chi connectivity index (χ1) is 17.6. The molecule has 0 saturated carbocycles. The summed E-state index contributed by atoms with van der Waals surface area (Å²) in [7, 11) is 0. The van der Waals surface area contributed by atoms with Gasteiger partial charge in [0.25, 0.3) is 0 Å². The summed E-state index contributed by atoms with van der Waals surface area (Å²) in [5.74, 6) is 0.0772. The number of nitrogens with zero attached hydrogens (tertiary/aromatic N) is 2. The smallest absolute Gasteiger partial charge is 0.222 e. The highest BCUT2D eigenvalue weighted by Crippen LogP contribution is 2.29. The van der Waals surface area contributed by atoms with Crippen molar-refractivity contribution in [2.45, 2.75) is 69.2 Å². The summed E-state index contributed by atoms with van der Waals surface area (Å²) < 4.78 is 12.2. The number of ether oxygens (including phenoxy) is 2. The molecule has 3 saturated heterocycles. The molecule has 3 aliphatic rings. The Kier molecular flexibility index (Phi) is 8.67. The van der Waals surface area contributed by atoms with Gasteiger partial charge >= 0.3 is 0 Å². The molecule has 194 valence electrons. The number of hydrogen-bond donors (Lipinski definition) is 2. The molecule has 3 heterocycles. The van der Waals surface area contributed by atoms with Crippen LogP contribution in [0.25, 0.3) is 0 Å². The van der Waals surface area contributed by atoms with E-state index in [4.69, 9.17) is 9.47 Å². The largest absolute Gasteiger partial charge is 0.389 e. The molecular weight excluding hydrogens is 454 g/mol. The van der Waals surface area contributed by atoms with Crippen LogP contribution in [0.5, 0.6) is 0 Å². The highest BCUT2D eigenvalue weighted by Gasteiger charge is 2.38. The van der Waals surface area contributed by atoms with Crippen LogP contribution < -0.4 is 5.32 Å². The van der Waals surface area contributed by atoms with E-state index in [1.807, 2.05) is 24.3 Å². The SMILES string of the molecule is O=C(C[C@@H]1CC[C@@H]2[C@H](COC[C@@H](O)CN2Cc2ccccc2)O1)N[C@@H]1CCN(Cc2ccccc2)C1. The Morgan fingerprint density at radius 1 is 0.917 bits per heavy atom.